The molecule has 0 saturated carbocycles. The highest BCUT2D eigenvalue weighted by Crippen LogP contribution is 2.35. The van der Waals surface area contributed by atoms with Gasteiger partial charge in [-0.3, -0.25) is 0 Å². The number of fused-ring (bicyclic) bond motifs is 1. The van der Waals surface area contributed by atoms with E-state index in [-0.39, 0.29) is 6.61 Å². The van der Waals surface area contributed by atoms with E-state index >= 15 is 0 Å². The lowest BCUT2D eigenvalue weighted by Crippen LogP contribution is -2.36. The second kappa shape index (κ2) is 4.90. The molecule has 1 aliphatic rings. The maximum atomic E-state index is 9.07. The summed E-state index contributed by atoms with van der Waals surface area (Å²) in [5.41, 5.74) is 3.24. The Morgan fingerprint density at radius 2 is 1.89 bits per heavy atom. The fraction of sp³-hybridized carbons (Fsp3) is 0.267. The van der Waals surface area contributed by atoms with E-state index in [1.807, 2.05) is 18.2 Å². The molecule has 0 fully saturated rings. The van der Waals surface area contributed by atoms with Gasteiger partial charge in [0, 0.05) is 26.3 Å². The predicted molar refractivity (Wildman–Crippen MR) is 76.9 cm³/mol. The van der Waals surface area contributed by atoms with Crippen molar-refractivity contribution < 1.29 is 5.11 Å². The number of aromatic nitrogens is 1. The van der Waals surface area contributed by atoms with Crippen molar-refractivity contribution in [3.63, 3.8) is 0 Å². The number of aliphatic hydroxyl groups is 1. The smallest absolute Gasteiger partial charge is 0.133 e. The largest absolute Gasteiger partial charge is 0.392 e. The lowest BCUT2D eigenvalue weighted by atomic mass is 10.1. The van der Waals surface area contributed by atoms with Crippen LogP contribution in [0.4, 0.5) is 17.2 Å². The Hall–Kier alpha value is -2.07. The van der Waals surface area contributed by atoms with Crippen LogP contribution in [0.3, 0.4) is 0 Å². The van der Waals surface area contributed by atoms with Gasteiger partial charge in [-0.1, -0.05) is 18.2 Å². The van der Waals surface area contributed by atoms with E-state index in [4.69, 9.17) is 5.11 Å². The van der Waals surface area contributed by atoms with Gasteiger partial charge in [-0.25, -0.2) is 4.98 Å². The Morgan fingerprint density at radius 3 is 2.58 bits per heavy atom. The van der Waals surface area contributed by atoms with Gasteiger partial charge in [0.15, 0.2) is 0 Å². The number of hydrogen-bond acceptors (Lipinski definition) is 4. The van der Waals surface area contributed by atoms with Gasteiger partial charge in [0.25, 0.3) is 0 Å². The van der Waals surface area contributed by atoms with Crippen molar-refractivity contribution in [1.29, 1.82) is 0 Å². The molecule has 1 aliphatic heterocycles. The summed E-state index contributed by atoms with van der Waals surface area (Å²) in [6, 6.07) is 12.2. The average Bonchev–Trinajstić information content (AvgIpc) is 2.48. The van der Waals surface area contributed by atoms with Crippen molar-refractivity contribution >= 4 is 17.2 Å². The molecule has 4 heteroatoms. The third kappa shape index (κ3) is 2.15. The summed E-state index contributed by atoms with van der Waals surface area (Å²) in [5.74, 6) is 0.928. The second-order valence-electron chi connectivity index (χ2n) is 4.74. The molecule has 2 heterocycles. The predicted octanol–water partition coefficient (Wildman–Crippen LogP) is 2.16. The summed E-state index contributed by atoms with van der Waals surface area (Å²) in [5, 5.41) is 9.07. The zero-order valence-corrected chi connectivity index (χ0v) is 11.0. The monoisotopic (exact) mass is 255 g/mol. The molecule has 4 nitrogen and oxygen atoms in total. The van der Waals surface area contributed by atoms with E-state index in [1.54, 1.807) is 6.20 Å². The van der Waals surface area contributed by atoms with E-state index in [1.165, 1.54) is 11.4 Å². The molecule has 0 bridgehead atoms. The molecule has 0 radical (unpaired) electrons. The number of rotatable bonds is 2. The molecule has 0 saturated heterocycles. The molecule has 0 atom stereocenters. The number of hydrogen-bond donors (Lipinski definition) is 1. The molecule has 3 rings (SSSR count). The average molecular weight is 255 g/mol. The van der Waals surface area contributed by atoms with Crippen LogP contribution < -0.4 is 9.80 Å². The van der Waals surface area contributed by atoms with Gasteiger partial charge in [-0.05, 0) is 23.8 Å². The first kappa shape index (κ1) is 12.0. The van der Waals surface area contributed by atoms with Crippen molar-refractivity contribution in [1.82, 2.24) is 4.98 Å². The third-order valence-electron chi connectivity index (χ3n) is 3.51. The van der Waals surface area contributed by atoms with Crippen molar-refractivity contribution in [3.05, 3.63) is 48.2 Å². The number of aliphatic hydroxyl groups excluding tert-OH is 1. The zero-order chi connectivity index (χ0) is 13.2. The normalized spacial score (nSPS) is 14.4. The van der Waals surface area contributed by atoms with Crippen LogP contribution in [0.25, 0.3) is 0 Å². The number of nitrogens with zero attached hydrogens (tertiary/aromatic N) is 3. The van der Waals surface area contributed by atoms with Crippen LogP contribution >= 0.6 is 0 Å². The van der Waals surface area contributed by atoms with Gasteiger partial charge < -0.3 is 14.9 Å². The van der Waals surface area contributed by atoms with Gasteiger partial charge in [0.1, 0.15) is 5.82 Å². The number of anilines is 3. The van der Waals surface area contributed by atoms with Crippen LogP contribution in [0.1, 0.15) is 5.56 Å². The Kier molecular flexibility index (Phi) is 3.09. The minimum atomic E-state index is 0.0343. The van der Waals surface area contributed by atoms with Gasteiger partial charge in [0.05, 0.1) is 18.0 Å². The van der Waals surface area contributed by atoms with Crippen molar-refractivity contribution in [2.45, 2.75) is 6.61 Å². The number of pyridine rings is 1. The molecule has 0 aliphatic carbocycles. The Morgan fingerprint density at radius 1 is 1.11 bits per heavy atom. The van der Waals surface area contributed by atoms with Gasteiger partial charge in [-0.15, -0.1) is 0 Å². The van der Waals surface area contributed by atoms with E-state index in [0.29, 0.717) is 0 Å². The minimum absolute atomic E-state index is 0.0343. The molecule has 1 aromatic heterocycles. The maximum absolute atomic E-state index is 9.07. The topological polar surface area (TPSA) is 39.6 Å². The van der Waals surface area contributed by atoms with Crippen LogP contribution in [0.15, 0.2) is 42.6 Å². The van der Waals surface area contributed by atoms with E-state index in [0.717, 1.165) is 24.5 Å². The standard InChI is InChI=1S/C15H17N3O/c1-17-8-9-18(14-5-3-2-4-13(14)17)15-7-6-12(11-19)10-16-15/h2-7,10,19H,8-9,11H2,1H3. The lowest BCUT2D eigenvalue weighted by Gasteiger charge is -2.36. The van der Waals surface area contributed by atoms with Gasteiger partial charge in [-0.2, -0.15) is 0 Å². The fourth-order valence-electron chi connectivity index (χ4n) is 2.41. The second-order valence-corrected chi connectivity index (χ2v) is 4.74. The molecule has 0 amide bonds. The SMILES string of the molecule is CN1CCN(c2ccc(CO)cn2)c2ccccc21. The molecular formula is C15H17N3O. The summed E-state index contributed by atoms with van der Waals surface area (Å²) >= 11 is 0. The Balaban J connectivity index is 1.99. The summed E-state index contributed by atoms with van der Waals surface area (Å²) in [6.45, 7) is 1.92. The molecule has 1 aromatic carbocycles. The zero-order valence-electron chi connectivity index (χ0n) is 11.0. The third-order valence-corrected chi connectivity index (χ3v) is 3.51. The number of likely N-dealkylation sites (N-methyl/N-ethyl adjacent to an activating group) is 1. The van der Waals surface area contributed by atoms with Crippen LogP contribution in [-0.2, 0) is 6.61 Å². The highest BCUT2D eigenvalue weighted by Gasteiger charge is 2.21. The van der Waals surface area contributed by atoms with E-state index in [2.05, 4.69) is 40.0 Å². The minimum Gasteiger partial charge on any atom is -0.392 e. The Labute approximate surface area is 112 Å². The van der Waals surface area contributed by atoms with Gasteiger partial charge in [0.2, 0.25) is 0 Å². The highest BCUT2D eigenvalue weighted by molar-refractivity contribution is 5.78. The highest BCUT2D eigenvalue weighted by atomic mass is 16.3. The fourth-order valence-corrected chi connectivity index (χ4v) is 2.41. The summed E-state index contributed by atoms with van der Waals surface area (Å²) in [6.07, 6.45) is 1.73. The van der Waals surface area contributed by atoms with Gasteiger partial charge >= 0.3 is 0 Å². The number of para-hydroxylation sites is 2. The quantitative estimate of drug-likeness (QED) is 0.892. The van der Waals surface area contributed by atoms with Crippen LogP contribution in [0.2, 0.25) is 0 Å². The first-order valence-corrected chi connectivity index (χ1v) is 6.43. The lowest BCUT2D eigenvalue weighted by molar-refractivity contribution is 0.281. The van der Waals surface area contributed by atoms with Crippen molar-refractivity contribution in [3.8, 4) is 0 Å². The van der Waals surface area contributed by atoms with Crippen molar-refractivity contribution in [2.75, 3.05) is 29.9 Å². The van der Waals surface area contributed by atoms with Crippen molar-refractivity contribution in [2.24, 2.45) is 0 Å². The molecule has 1 N–H and O–H groups in total. The summed E-state index contributed by atoms with van der Waals surface area (Å²) in [7, 11) is 2.11. The van der Waals surface area contributed by atoms with Crippen LogP contribution in [-0.4, -0.2) is 30.2 Å². The first-order valence-electron chi connectivity index (χ1n) is 6.43. The first-order chi connectivity index (χ1) is 9.29. The molecule has 0 unspecified atom stereocenters. The molecule has 98 valence electrons. The molecular weight excluding hydrogens is 238 g/mol. The van der Waals surface area contributed by atoms with Crippen LogP contribution in [0.5, 0.6) is 0 Å². The van der Waals surface area contributed by atoms with E-state index in [9.17, 15) is 0 Å². The summed E-state index contributed by atoms with van der Waals surface area (Å²) in [4.78, 5) is 8.92. The number of benzene rings is 1. The Bertz CT molecular complexity index is 568. The molecule has 2 aromatic rings. The molecule has 0 spiro atoms. The maximum Gasteiger partial charge on any atom is 0.133 e. The van der Waals surface area contributed by atoms with E-state index < -0.39 is 0 Å². The van der Waals surface area contributed by atoms with Crippen LogP contribution in [0, 0.1) is 0 Å². The molecule has 19 heavy (non-hydrogen) atoms. The summed E-state index contributed by atoms with van der Waals surface area (Å²) < 4.78 is 0.